The van der Waals surface area contributed by atoms with Gasteiger partial charge in [-0.05, 0) is 46.1 Å². The highest BCUT2D eigenvalue weighted by atomic mass is 16.6. The van der Waals surface area contributed by atoms with Crippen molar-refractivity contribution >= 4 is 24.2 Å². The Morgan fingerprint density at radius 2 is 1.62 bits per heavy atom. The van der Waals surface area contributed by atoms with Gasteiger partial charge in [0.2, 0.25) is 5.91 Å². The first-order chi connectivity index (χ1) is 17.5. The van der Waals surface area contributed by atoms with Crippen molar-refractivity contribution in [3.63, 3.8) is 0 Å². The van der Waals surface area contributed by atoms with Crippen LogP contribution in [0.3, 0.4) is 0 Å². The summed E-state index contributed by atoms with van der Waals surface area (Å²) in [4.78, 5) is 55.0. The number of hydrogen-bond acceptors (Lipinski definition) is 7. The number of nitrogens with zero attached hydrogens (tertiary/aromatic N) is 3. The van der Waals surface area contributed by atoms with Crippen molar-refractivity contribution < 1.29 is 33.4 Å². The molecule has 2 aliphatic rings. The van der Waals surface area contributed by atoms with Gasteiger partial charge in [-0.3, -0.25) is 9.69 Å². The monoisotopic (exact) mass is 518 g/mol. The molecule has 0 unspecified atom stereocenters. The number of piperidine rings is 1. The fourth-order valence-corrected chi connectivity index (χ4v) is 4.36. The summed E-state index contributed by atoms with van der Waals surface area (Å²) in [6.45, 7) is 8.99. The molecule has 3 rings (SSSR count). The molecule has 0 bridgehead atoms. The number of alkyl carbamates (subject to hydrolysis) is 1. The predicted molar refractivity (Wildman–Crippen MR) is 135 cm³/mol. The molecule has 4 amide bonds. The minimum Gasteiger partial charge on any atom is -0.450 e. The molecule has 37 heavy (non-hydrogen) atoms. The Balaban J connectivity index is 1.59. The van der Waals surface area contributed by atoms with Crippen molar-refractivity contribution in [2.75, 3.05) is 45.9 Å². The fraction of sp³-hybridized carbons (Fsp3) is 0.615. The number of benzene rings is 1. The number of likely N-dealkylation sites (tertiary alicyclic amines) is 1. The lowest BCUT2D eigenvalue weighted by Crippen LogP contribution is -2.64. The first kappa shape index (κ1) is 28.1. The van der Waals surface area contributed by atoms with Gasteiger partial charge in [0.05, 0.1) is 12.1 Å². The standard InChI is InChI=1S/C26H38N4O7/c1-5-35-22(32)27-26(11-13-28(14-12-26)24(34)37-25(2,3)4)19-30-16-15-29(17-21(30)31)23(33)36-18-20-9-7-6-8-10-20/h6-10H,5,11-19H2,1-4H3,(H,27,32). The van der Waals surface area contributed by atoms with E-state index in [0.29, 0.717) is 39.0 Å². The predicted octanol–water partition coefficient (Wildman–Crippen LogP) is 2.98. The molecule has 0 spiro atoms. The quantitative estimate of drug-likeness (QED) is 0.575. The van der Waals surface area contributed by atoms with Crippen molar-refractivity contribution in [2.45, 2.75) is 58.3 Å². The van der Waals surface area contributed by atoms with Gasteiger partial charge in [-0.1, -0.05) is 30.3 Å². The van der Waals surface area contributed by atoms with E-state index in [2.05, 4.69) is 5.32 Å². The van der Waals surface area contributed by atoms with Gasteiger partial charge in [0.25, 0.3) is 0 Å². The Kier molecular flexibility index (Phi) is 9.23. The van der Waals surface area contributed by atoms with Crippen LogP contribution in [0.2, 0.25) is 0 Å². The van der Waals surface area contributed by atoms with Crippen LogP contribution in [-0.2, 0) is 25.6 Å². The average Bonchev–Trinajstić information content (AvgIpc) is 2.84. The second-order valence-corrected chi connectivity index (χ2v) is 10.4. The molecule has 2 aliphatic heterocycles. The van der Waals surface area contributed by atoms with E-state index in [0.717, 1.165) is 5.56 Å². The van der Waals surface area contributed by atoms with Gasteiger partial charge in [0.1, 0.15) is 18.8 Å². The summed E-state index contributed by atoms with van der Waals surface area (Å²) in [6.07, 6.45) is -0.656. The fourth-order valence-electron chi connectivity index (χ4n) is 4.36. The van der Waals surface area contributed by atoms with Crippen LogP contribution in [0.1, 0.15) is 46.1 Å². The molecule has 0 atom stereocenters. The normalized spacial score (nSPS) is 17.7. The first-order valence-electron chi connectivity index (χ1n) is 12.7. The van der Waals surface area contributed by atoms with Crippen LogP contribution in [0.5, 0.6) is 0 Å². The largest absolute Gasteiger partial charge is 0.450 e. The minimum absolute atomic E-state index is 0.104. The summed E-state index contributed by atoms with van der Waals surface area (Å²) in [5, 5.41) is 2.94. The smallest absolute Gasteiger partial charge is 0.410 e. The second kappa shape index (κ2) is 12.2. The zero-order chi connectivity index (χ0) is 27.1. The highest BCUT2D eigenvalue weighted by Crippen LogP contribution is 2.26. The molecule has 11 nitrogen and oxygen atoms in total. The summed E-state index contributed by atoms with van der Waals surface area (Å²) in [6, 6.07) is 9.34. The van der Waals surface area contributed by atoms with Crippen molar-refractivity contribution in [3.05, 3.63) is 35.9 Å². The van der Waals surface area contributed by atoms with Gasteiger partial charge in [-0.25, -0.2) is 14.4 Å². The summed E-state index contributed by atoms with van der Waals surface area (Å²) in [5.74, 6) is -0.234. The zero-order valence-electron chi connectivity index (χ0n) is 22.2. The Bertz CT molecular complexity index is 955. The molecule has 2 saturated heterocycles. The molecular formula is C26H38N4O7. The highest BCUT2D eigenvalue weighted by Gasteiger charge is 2.42. The summed E-state index contributed by atoms with van der Waals surface area (Å²) >= 11 is 0. The molecule has 1 aromatic carbocycles. The van der Waals surface area contributed by atoms with Crippen LogP contribution in [0.15, 0.2) is 30.3 Å². The van der Waals surface area contributed by atoms with Crippen molar-refractivity contribution in [1.29, 1.82) is 0 Å². The molecule has 0 radical (unpaired) electrons. The highest BCUT2D eigenvalue weighted by molar-refractivity contribution is 5.83. The Morgan fingerprint density at radius 1 is 0.946 bits per heavy atom. The van der Waals surface area contributed by atoms with Gasteiger partial charge in [-0.2, -0.15) is 0 Å². The topological polar surface area (TPSA) is 118 Å². The molecule has 0 aliphatic carbocycles. The molecule has 0 aromatic heterocycles. The van der Waals surface area contributed by atoms with Crippen molar-refractivity contribution in [1.82, 2.24) is 20.0 Å². The molecule has 0 saturated carbocycles. The number of rotatable bonds is 6. The van der Waals surface area contributed by atoms with E-state index in [9.17, 15) is 19.2 Å². The van der Waals surface area contributed by atoms with Crippen LogP contribution in [0.25, 0.3) is 0 Å². The molecule has 11 heteroatoms. The Labute approximate surface area is 218 Å². The number of carbonyl (C=O) groups is 4. The molecule has 1 aromatic rings. The maximum atomic E-state index is 13.0. The molecule has 1 N–H and O–H groups in total. The van der Waals surface area contributed by atoms with E-state index in [1.807, 2.05) is 51.1 Å². The summed E-state index contributed by atoms with van der Waals surface area (Å²) in [7, 11) is 0. The van der Waals surface area contributed by atoms with Gasteiger partial charge in [0, 0.05) is 32.7 Å². The Hall–Kier alpha value is -3.50. The van der Waals surface area contributed by atoms with Crippen molar-refractivity contribution in [3.8, 4) is 0 Å². The molecule has 2 heterocycles. The molecule has 2 fully saturated rings. The van der Waals surface area contributed by atoms with E-state index in [4.69, 9.17) is 14.2 Å². The lowest BCUT2D eigenvalue weighted by Gasteiger charge is -2.45. The van der Waals surface area contributed by atoms with Crippen molar-refractivity contribution in [2.24, 2.45) is 0 Å². The van der Waals surface area contributed by atoms with Crippen LogP contribution >= 0.6 is 0 Å². The van der Waals surface area contributed by atoms with Gasteiger partial charge < -0.3 is 29.3 Å². The van der Waals surface area contributed by atoms with Crippen LogP contribution in [-0.4, -0.2) is 95.9 Å². The summed E-state index contributed by atoms with van der Waals surface area (Å²) < 4.78 is 15.9. The van der Waals surface area contributed by atoms with Crippen LogP contribution in [0, 0.1) is 0 Å². The number of nitrogens with one attached hydrogen (secondary N) is 1. The third-order valence-corrected chi connectivity index (χ3v) is 6.29. The van der Waals surface area contributed by atoms with Gasteiger partial charge >= 0.3 is 18.3 Å². The van der Waals surface area contributed by atoms with E-state index in [-0.39, 0.29) is 32.2 Å². The third kappa shape index (κ3) is 8.26. The van der Waals surface area contributed by atoms with E-state index in [1.54, 1.807) is 16.7 Å². The number of ether oxygens (including phenoxy) is 3. The SMILES string of the molecule is CCOC(=O)NC1(CN2CCN(C(=O)OCc3ccccc3)CC2=O)CCN(C(=O)OC(C)(C)C)CC1. The van der Waals surface area contributed by atoms with E-state index >= 15 is 0 Å². The minimum atomic E-state index is -0.767. The molecule has 204 valence electrons. The Morgan fingerprint density at radius 3 is 2.22 bits per heavy atom. The average molecular weight is 519 g/mol. The lowest BCUT2D eigenvalue weighted by atomic mass is 9.86. The number of hydrogen-bond donors (Lipinski definition) is 1. The van der Waals surface area contributed by atoms with Crippen LogP contribution < -0.4 is 5.32 Å². The van der Waals surface area contributed by atoms with Gasteiger partial charge in [0.15, 0.2) is 0 Å². The lowest BCUT2D eigenvalue weighted by molar-refractivity contribution is -0.137. The maximum absolute atomic E-state index is 13.0. The summed E-state index contributed by atoms with van der Waals surface area (Å²) in [5.41, 5.74) is -0.509. The second-order valence-electron chi connectivity index (χ2n) is 10.4. The number of carbonyl (C=O) groups excluding carboxylic acids is 4. The first-order valence-corrected chi connectivity index (χ1v) is 12.7. The van der Waals surface area contributed by atoms with Crippen LogP contribution in [0.4, 0.5) is 14.4 Å². The number of amides is 4. The van der Waals surface area contributed by atoms with Gasteiger partial charge in [-0.15, -0.1) is 0 Å². The zero-order valence-corrected chi connectivity index (χ0v) is 22.2. The number of piperazine rings is 1. The maximum Gasteiger partial charge on any atom is 0.410 e. The molecular weight excluding hydrogens is 480 g/mol. The van der Waals surface area contributed by atoms with E-state index < -0.39 is 29.4 Å². The third-order valence-electron chi connectivity index (χ3n) is 6.29. The van der Waals surface area contributed by atoms with E-state index in [1.165, 1.54) is 4.90 Å².